The van der Waals surface area contributed by atoms with Crippen LogP contribution in [0.25, 0.3) is 0 Å². The van der Waals surface area contributed by atoms with Crippen LogP contribution in [-0.4, -0.2) is 23.0 Å². The van der Waals surface area contributed by atoms with E-state index in [0.717, 1.165) is 25.7 Å². The van der Waals surface area contributed by atoms with Crippen molar-refractivity contribution >= 4 is 11.9 Å². The summed E-state index contributed by atoms with van der Waals surface area (Å²) in [4.78, 5) is 22.9. The number of carbonyl (C=O) groups is 2. The van der Waals surface area contributed by atoms with E-state index in [0.29, 0.717) is 6.42 Å². The van der Waals surface area contributed by atoms with Gasteiger partial charge in [0.25, 0.3) is 0 Å². The van der Waals surface area contributed by atoms with Gasteiger partial charge in [-0.15, -0.1) is 0 Å². The zero-order valence-electron chi connectivity index (χ0n) is 18.0. The molecule has 1 atom stereocenters. The first-order chi connectivity index (χ1) is 13.0. The molecule has 0 aromatic rings. The quantitative estimate of drug-likeness (QED) is 0.218. The molecule has 0 unspecified atom stereocenters. The number of hydrogen-bond acceptors (Lipinski definition) is 2. The van der Waals surface area contributed by atoms with Gasteiger partial charge in [-0.05, 0) is 38.0 Å². The van der Waals surface area contributed by atoms with Crippen LogP contribution >= 0.6 is 0 Å². The minimum atomic E-state index is -0.956. The molecule has 0 rings (SSSR count). The third-order valence-electron chi connectivity index (χ3n) is 4.91. The number of carbonyl (C=O) groups excluding carboxylic acids is 1. The van der Waals surface area contributed by atoms with E-state index in [1.165, 1.54) is 57.8 Å². The number of aliphatic carboxylic acids is 1. The number of hydrogen-bond donors (Lipinski definition) is 2. The van der Waals surface area contributed by atoms with Crippen molar-refractivity contribution in [3.8, 4) is 0 Å². The number of unbranched alkanes of at least 4 members (excludes halogenated alkanes) is 11. The van der Waals surface area contributed by atoms with Crippen molar-refractivity contribution in [2.24, 2.45) is 5.92 Å². The van der Waals surface area contributed by atoms with E-state index in [1.54, 1.807) is 13.8 Å². The smallest absolute Gasteiger partial charge is 0.326 e. The molecule has 0 spiro atoms. The molecule has 0 radical (unpaired) electrons. The Labute approximate surface area is 167 Å². The van der Waals surface area contributed by atoms with Crippen LogP contribution in [-0.2, 0) is 9.59 Å². The number of carboxylic acids is 1. The fraction of sp³-hybridized carbons (Fsp3) is 0.826. The minimum absolute atomic E-state index is 0.0967. The highest BCUT2D eigenvalue weighted by Gasteiger charge is 2.22. The highest BCUT2D eigenvalue weighted by molar-refractivity contribution is 5.83. The number of rotatable bonds is 18. The monoisotopic (exact) mass is 381 g/mol. The Kier molecular flexibility index (Phi) is 17.2. The van der Waals surface area contributed by atoms with Crippen LogP contribution < -0.4 is 5.32 Å². The third-order valence-corrected chi connectivity index (χ3v) is 4.91. The van der Waals surface area contributed by atoms with Gasteiger partial charge in [-0.2, -0.15) is 0 Å². The second kappa shape index (κ2) is 18.1. The predicted octanol–water partition coefficient (Wildman–Crippen LogP) is 6.25. The summed E-state index contributed by atoms with van der Waals surface area (Å²) in [7, 11) is 0. The average Bonchev–Trinajstić information content (AvgIpc) is 2.62. The summed E-state index contributed by atoms with van der Waals surface area (Å²) in [5.41, 5.74) is 0. The van der Waals surface area contributed by atoms with E-state index in [4.69, 9.17) is 5.11 Å². The molecule has 27 heavy (non-hydrogen) atoms. The number of nitrogens with one attached hydrogen (secondary N) is 1. The molecule has 158 valence electrons. The lowest BCUT2D eigenvalue weighted by Crippen LogP contribution is -2.44. The van der Waals surface area contributed by atoms with Crippen molar-refractivity contribution in [2.75, 3.05) is 0 Å². The topological polar surface area (TPSA) is 66.4 Å². The van der Waals surface area contributed by atoms with Gasteiger partial charge in [-0.1, -0.05) is 84.3 Å². The molecular weight excluding hydrogens is 338 g/mol. The van der Waals surface area contributed by atoms with Crippen LogP contribution in [0.5, 0.6) is 0 Å². The molecular formula is C23H43NO3. The molecule has 4 nitrogen and oxygen atoms in total. The molecule has 0 aromatic carbocycles. The molecule has 0 saturated heterocycles. The van der Waals surface area contributed by atoms with Gasteiger partial charge in [0.15, 0.2) is 0 Å². The van der Waals surface area contributed by atoms with Gasteiger partial charge in [-0.25, -0.2) is 4.79 Å². The Morgan fingerprint density at radius 3 is 1.78 bits per heavy atom. The molecule has 4 heteroatoms. The minimum Gasteiger partial charge on any atom is -0.480 e. The summed E-state index contributed by atoms with van der Waals surface area (Å²) in [5.74, 6) is -1.20. The van der Waals surface area contributed by atoms with Crippen LogP contribution in [0.1, 0.15) is 111 Å². The van der Waals surface area contributed by atoms with E-state index < -0.39 is 12.0 Å². The van der Waals surface area contributed by atoms with E-state index >= 15 is 0 Å². The highest BCUT2D eigenvalue weighted by Crippen LogP contribution is 2.10. The van der Waals surface area contributed by atoms with Crippen LogP contribution in [0.2, 0.25) is 0 Å². The SMILES string of the molecule is CCCCCCCC/C=C/CCCCCCCC(=O)N[C@H](C(=O)O)C(C)C. The summed E-state index contributed by atoms with van der Waals surface area (Å²) in [6.07, 6.45) is 21.0. The Morgan fingerprint density at radius 2 is 1.30 bits per heavy atom. The van der Waals surface area contributed by atoms with E-state index in [9.17, 15) is 9.59 Å². The van der Waals surface area contributed by atoms with Gasteiger partial charge in [0.2, 0.25) is 5.91 Å². The standard InChI is InChI=1S/C23H43NO3/c1-4-5-6-7-8-9-10-11-12-13-14-15-16-17-18-19-21(25)24-22(20(2)3)23(26)27/h11-12,20,22H,4-10,13-19H2,1-3H3,(H,24,25)(H,26,27)/b12-11+/t22-/m0/s1. The highest BCUT2D eigenvalue weighted by atomic mass is 16.4. The van der Waals surface area contributed by atoms with Gasteiger partial charge in [0.05, 0.1) is 0 Å². The first kappa shape index (κ1) is 25.7. The van der Waals surface area contributed by atoms with Gasteiger partial charge < -0.3 is 10.4 Å². The van der Waals surface area contributed by atoms with E-state index in [2.05, 4.69) is 24.4 Å². The molecule has 1 amide bonds. The van der Waals surface area contributed by atoms with E-state index in [1.807, 2.05) is 0 Å². The zero-order chi connectivity index (χ0) is 20.3. The Hall–Kier alpha value is -1.32. The van der Waals surface area contributed by atoms with Crippen LogP contribution in [0, 0.1) is 5.92 Å². The van der Waals surface area contributed by atoms with Gasteiger partial charge in [0, 0.05) is 6.42 Å². The Balaban J connectivity index is 3.45. The fourth-order valence-electron chi connectivity index (χ4n) is 3.12. The van der Waals surface area contributed by atoms with Gasteiger partial charge >= 0.3 is 5.97 Å². The largest absolute Gasteiger partial charge is 0.480 e. The maximum absolute atomic E-state index is 11.8. The predicted molar refractivity (Wildman–Crippen MR) is 114 cm³/mol. The number of amides is 1. The summed E-state index contributed by atoms with van der Waals surface area (Å²) < 4.78 is 0. The Morgan fingerprint density at radius 1 is 0.815 bits per heavy atom. The van der Waals surface area contributed by atoms with Gasteiger partial charge in [-0.3, -0.25) is 4.79 Å². The molecule has 0 heterocycles. The molecule has 0 bridgehead atoms. The summed E-state index contributed by atoms with van der Waals surface area (Å²) >= 11 is 0. The lowest BCUT2D eigenvalue weighted by molar-refractivity contribution is -0.143. The van der Waals surface area contributed by atoms with Crippen molar-refractivity contribution < 1.29 is 14.7 Å². The van der Waals surface area contributed by atoms with Crippen LogP contribution in [0.3, 0.4) is 0 Å². The summed E-state index contributed by atoms with van der Waals surface area (Å²) in [6.45, 7) is 5.87. The molecule has 0 aliphatic carbocycles. The van der Waals surface area contributed by atoms with Crippen LogP contribution in [0.15, 0.2) is 12.2 Å². The molecule has 0 aliphatic rings. The zero-order valence-corrected chi connectivity index (χ0v) is 18.0. The van der Waals surface area contributed by atoms with Crippen LogP contribution in [0.4, 0.5) is 0 Å². The fourth-order valence-corrected chi connectivity index (χ4v) is 3.12. The number of carboxylic acid groups (broad SMARTS) is 1. The van der Waals surface area contributed by atoms with Crippen molar-refractivity contribution in [1.82, 2.24) is 5.32 Å². The summed E-state index contributed by atoms with van der Waals surface area (Å²) in [6, 6.07) is -0.777. The second-order valence-corrected chi connectivity index (χ2v) is 7.96. The second-order valence-electron chi connectivity index (χ2n) is 7.96. The lowest BCUT2D eigenvalue weighted by Gasteiger charge is -2.17. The van der Waals surface area contributed by atoms with E-state index in [-0.39, 0.29) is 11.8 Å². The Bertz CT molecular complexity index is 404. The molecule has 2 N–H and O–H groups in total. The summed E-state index contributed by atoms with van der Waals surface area (Å²) in [5, 5.41) is 11.7. The molecule has 0 fully saturated rings. The van der Waals surface area contributed by atoms with Crippen molar-refractivity contribution in [1.29, 1.82) is 0 Å². The average molecular weight is 382 g/mol. The molecule has 0 aromatic heterocycles. The molecule has 0 saturated carbocycles. The molecule has 0 aliphatic heterocycles. The maximum atomic E-state index is 11.8. The first-order valence-corrected chi connectivity index (χ1v) is 11.2. The van der Waals surface area contributed by atoms with Crippen molar-refractivity contribution in [3.63, 3.8) is 0 Å². The normalized spacial score (nSPS) is 12.6. The van der Waals surface area contributed by atoms with Crippen molar-refractivity contribution in [2.45, 2.75) is 117 Å². The third kappa shape index (κ3) is 16.6. The van der Waals surface area contributed by atoms with Gasteiger partial charge in [0.1, 0.15) is 6.04 Å². The van der Waals surface area contributed by atoms with Crippen molar-refractivity contribution in [3.05, 3.63) is 12.2 Å². The lowest BCUT2D eigenvalue weighted by atomic mass is 10.0. The number of allylic oxidation sites excluding steroid dienone is 2. The maximum Gasteiger partial charge on any atom is 0.326 e. The first-order valence-electron chi connectivity index (χ1n) is 11.2.